The predicted octanol–water partition coefficient (Wildman–Crippen LogP) is 2.16. The van der Waals surface area contributed by atoms with Crippen molar-refractivity contribution < 1.29 is 0 Å². The van der Waals surface area contributed by atoms with Gasteiger partial charge in [0.05, 0.1) is 18.4 Å². The summed E-state index contributed by atoms with van der Waals surface area (Å²) >= 11 is 6.03. The first kappa shape index (κ1) is 14.3. The van der Waals surface area contributed by atoms with Crippen LogP contribution in [-0.4, -0.2) is 19.9 Å². The third kappa shape index (κ3) is 2.99. The molecule has 112 valence electrons. The lowest BCUT2D eigenvalue weighted by Gasteiger charge is -2.08. The minimum absolute atomic E-state index is 0.0829. The maximum absolute atomic E-state index is 6.03. The fraction of sp³-hybridized carbons (Fsp3) is 0.143. The van der Waals surface area contributed by atoms with Gasteiger partial charge in [-0.05, 0) is 30.7 Å². The van der Waals surface area contributed by atoms with E-state index in [1.54, 1.807) is 6.20 Å². The summed E-state index contributed by atoms with van der Waals surface area (Å²) in [7, 11) is 0. The van der Waals surface area contributed by atoms with E-state index in [1.807, 2.05) is 25.1 Å². The van der Waals surface area contributed by atoms with Crippen molar-refractivity contribution >= 4 is 40.2 Å². The number of nitrogen functional groups attached to an aromatic ring is 2. The number of fused-ring (bicyclic) bond motifs is 1. The lowest BCUT2D eigenvalue weighted by Crippen LogP contribution is -2.07. The standard InChI is InChI=1S/C14H14ClN7/c1-7-2-8(15)4-9(3-7)18-5-10-6-19-13-11(20-10)12(16)21-14(17)22-13/h2-4,6,18H,5H2,1H3,(H4,16,17,19,21,22). The number of nitrogens with zero attached hydrogens (tertiary/aromatic N) is 4. The molecule has 0 saturated heterocycles. The van der Waals surface area contributed by atoms with E-state index in [4.69, 9.17) is 23.1 Å². The summed E-state index contributed by atoms with van der Waals surface area (Å²) in [6.07, 6.45) is 1.62. The molecule has 5 N–H and O–H groups in total. The number of aryl methyl sites for hydroxylation is 1. The SMILES string of the molecule is Cc1cc(Cl)cc(NCc2cnc3nc(N)nc(N)c3n2)c1. The third-order valence-electron chi connectivity index (χ3n) is 3.02. The number of aromatic nitrogens is 4. The Morgan fingerprint density at radius 1 is 1.14 bits per heavy atom. The van der Waals surface area contributed by atoms with Crippen molar-refractivity contribution in [2.24, 2.45) is 0 Å². The zero-order valence-electron chi connectivity index (χ0n) is 11.8. The van der Waals surface area contributed by atoms with Gasteiger partial charge in [-0.15, -0.1) is 0 Å². The molecule has 3 aromatic rings. The van der Waals surface area contributed by atoms with Crippen molar-refractivity contribution in [2.45, 2.75) is 13.5 Å². The van der Waals surface area contributed by atoms with E-state index in [9.17, 15) is 0 Å². The van der Waals surface area contributed by atoms with Crippen LogP contribution in [0, 0.1) is 6.92 Å². The summed E-state index contributed by atoms with van der Waals surface area (Å²) in [5.41, 5.74) is 14.9. The van der Waals surface area contributed by atoms with Crippen molar-refractivity contribution in [2.75, 3.05) is 16.8 Å². The van der Waals surface area contributed by atoms with Crippen LogP contribution >= 0.6 is 11.6 Å². The van der Waals surface area contributed by atoms with Gasteiger partial charge >= 0.3 is 0 Å². The van der Waals surface area contributed by atoms with E-state index in [-0.39, 0.29) is 11.8 Å². The molecule has 0 fully saturated rings. The molecule has 0 aliphatic rings. The number of hydrogen-bond donors (Lipinski definition) is 3. The normalized spacial score (nSPS) is 10.8. The summed E-state index contributed by atoms with van der Waals surface area (Å²) in [6.45, 7) is 2.46. The average Bonchev–Trinajstić information content (AvgIpc) is 2.44. The molecule has 0 amide bonds. The van der Waals surface area contributed by atoms with Crippen LogP contribution in [0.1, 0.15) is 11.3 Å². The smallest absolute Gasteiger partial charge is 0.224 e. The highest BCUT2D eigenvalue weighted by Crippen LogP contribution is 2.19. The lowest BCUT2D eigenvalue weighted by molar-refractivity contribution is 1.03. The van der Waals surface area contributed by atoms with Gasteiger partial charge in [0.15, 0.2) is 17.0 Å². The van der Waals surface area contributed by atoms with Crippen molar-refractivity contribution in [1.29, 1.82) is 0 Å². The van der Waals surface area contributed by atoms with Gasteiger partial charge in [-0.1, -0.05) is 11.6 Å². The predicted molar refractivity (Wildman–Crippen MR) is 87.5 cm³/mol. The second-order valence-corrected chi connectivity index (χ2v) is 5.31. The average molecular weight is 316 g/mol. The van der Waals surface area contributed by atoms with Crippen LogP contribution in [0.5, 0.6) is 0 Å². The van der Waals surface area contributed by atoms with E-state index >= 15 is 0 Å². The van der Waals surface area contributed by atoms with Gasteiger partial charge in [0.2, 0.25) is 5.95 Å². The number of nitrogens with two attached hydrogens (primary N) is 2. The molecular formula is C14H14ClN7. The monoisotopic (exact) mass is 315 g/mol. The van der Waals surface area contributed by atoms with E-state index in [1.165, 1.54) is 0 Å². The molecule has 2 heterocycles. The molecule has 7 nitrogen and oxygen atoms in total. The molecule has 3 rings (SSSR count). The van der Waals surface area contributed by atoms with Crippen LogP contribution in [0.25, 0.3) is 11.2 Å². The Labute approximate surface area is 131 Å². The maximum atomic E-state index is 6.03. The van der Waals surface area contributed by atoms with Crippen LogP contribution in [0.4, 0.5) is 17.5 Å². The molecule has 0 aliphatic carbocycles. The van der Waals surface area contributed by atoms with Gasteiger partial charge in [0.25, 0.3) is 0 Å². The summed E-state index contributed by atoms with van der Waals surface area (Å²) in [6, 6.07) is 5.74. The van der Waals surface area contributed by atoms with Gasteiger partial charge < -0.3 is 16.8 Å². The van der Waals surface area contributed by atoms with Crippen LogP contribution in [0.15, 0.2) is 24.4 Å². The molecule has 22 heavy (non-hydrogen) atoms. The Morgan fingerprint density at radius 3 is 2.73 bits per heavy atom. The van der Waals surface area contributed by atoms with Crippen molar-refractivity contribution in [1.82, 2.24) is 19.9 Å². The van der Waals surface area contributed by atoms with Gasteiger partial charge in [-0.2, -0.15) is 9.97 Å². The summed E-state index contributed by atoms with van der Waals surface area (Å²) < 4.78 is 0. The Balaban J connectivity index is 1.85. The quantitative estimate of drug-likeness (QED) is 0.678. The van der Waals surface area contributed by atoms with E-state index in [0.717, 1.165) is 11.3 Å². The molecule has 8 heteroatoms. The Kier molecular flexibility index (Phi) is 3.64. The number of nitrogens with one attached hydrogen (secondary N) is 1. The zero-order valence-corrected chi connectivity index (χ0v) is 12.6. The van der Waals surface area contributed by atoms with E-state index in [0.29, 0.717) is 28.4 Å². The molecule has 2 aromatic heterocycles. The lowest BCUT2D eigenvalue weighted by atomic mass is 10.2. The first-order valence-electron chi connectivity index (χ1n) is 6.57. The number of hydrogen-bond acceptors (Lipinski definition) is 7. The number of anilines is 3. The van der Waals surface area contributed by atoms with Gasteiger partial charge in [-0.3, -0.25) is 0 Å². The number of benzene rings is 1. The fourth-order valence-corrected chi connectivity index (χ4v) is 2.39. The van der Waals surface area contributed by atoms with Gasteiger partial charge in [-0.25, -0.2) is 9.97 Å². The summed E-state index contributed by atoms with van der Waals surface area (Å²) in [5, 5.41) is 3.93. The second kappa shape index (κ2) is 5.61. The highest BCUT2D eigenvalue weighted by molar-refractivity contribution is 6.30. The Bertz CT molecular complexity index is 830. The highest BCUT2D eigenvalue weighted by Gasteiger charge is 2.07. The Morgan fingerprint density at radius 2 is 1.95 bits per heavy atom. The van der Waals surface area contributed by atoms with E-state index in [2.05, 4.69) is 25.3 Å². The van der Waals surface area contributed by atoms with Gasteiger partial charge in [0.1, 0.15) is 0 Å². The topological polar surface area (TPSA) is 116 Å². The largest absolute Gasteiger partial charge is 0.382 e. The third-order valence-corrected chi connectivity index (χ3v) is 3.24. The summed E-state index contributed by atoms with van der Waals surface area (Å²) in [5.74, 6) is 0.301. The zero-order chi connectivity index (χ0) is 15.7. The minimum Gasteiger partial charge on any atom is -0.382 e. The van der Waals surface area contributed by atoms with Crippen LogP contribution in [0.3, 0.4) is 0 Å². The fourth-order valence-electron chi connectivity index (χ4n) is 2.10. The molecule has 0 saturated carbocycles. The molecule has 0 aliphatic heterocycles. The molecule has 0 atom stereocenters. The first-order chi connectivity index (χ1) is 10.5. The van der Waals surface area contributed by atoms with E-state index < -0.39 is 0 Å². The van der Waals surface area contributed by atoms with Crippen molar-refractivity contribution in [3.63, 3.8) is 0 Å². The first-order valence-corrected chi connectivity index (χ1v) is 6.95. The van der Waals surface area contributed by atoms with Crippen molar-refractivity contribution in [3.8, 4) is 0 Å². The number of rotatable bonds is 3. The Hall–Kier alpha value is -2.67. The minimum atomic E-state index is 0.0829. The highest BCUT2D eigenvalue weighted by atomic mass is 35.5. The molecule has 0 radical (unpaired) electrons. The second-order valence-electron chi connectivity index (χ2n) is 4.87. The molecule has 0 spiro atoms. The molecule has 0 unspecified atom stereocenters. The molecule has 1 aromatic carbocycles. The van der Waals surface area contributed by atoms with Crippen LogP contribution < -0.4 is 16.8 Å². The molecular weight excluding hydrogens is 302 g/mol. The van der Waals surface area contributed by atoms with Crippen LogP contribution in [0.2, 0.25) is 5.02 Å². The maximum Gasteiger partial charge on any atom is 0.224 e. The summed E-state index contributed by atoms with van der Waals surface area (Å²) in [4.78, 5) is 16.5. The molecule has 0 bridgehead atoms. The van der Waals surface area contributed by atoms with Crippen molar-refractivity contribution in [3.05, 3.63) is 40.7 Å². The van der Waals surface area contributed by atoms with Crippen LogP contribution in [-0.2, 0) is 6.54 Å². The number of halogens is 1. The van der Waals surface area contributed by atoms with Gasteiger partial charge in [0, 0.05) is 10.7 Å².